The van der Waals surface area contributed by atoms with Gasteiger partial charge in [-0.05, 0) is 12.0 Å². The molecule has 1 aliphatic heterocycles. The largest absolute Gasteiger partial charge is 0.491 e. The fourth-order valence-corrected chi connectivity index (χ4v) is 2.41. The molecule has 0 saturated heterocycles. The molecular weight excluding hydrogens is 240 g/mol. The van der Waals surface area contributed by atoms with Crippen molar-refractivity contribution in [1.82, 2.24) is 4.90 Å². The number of fused-ring (bicyclic) bond motifs is 1. The average Bonchev–Trinajstić information content (AvgIpc) is 2.60. The number of nitrogens with two attached hydrogens (primary N) is 1. The molecule has 1 aliphatic rings. The highest BCUT2D eigenvalue weighted by atomic mass is 16.5. The van der Waals surface area contributed by atoms with Crippen molar-refractivity contribution in [3.63, 3.8) is 0 Å². The molecule has 0 radical (unpaired) electrons. The summed E-state index contributed by atoms with van der Waals surface area (Å²) in [5.74, 6) is 1.17. The minimum atomic E-state index is -0.106. The number of hydrogen-bond acceptors (Lipinski definition) is 3. The van der Waals surface area contributed by atoms with Crippen LogP contribution < -0.4 is 10.5 Å². The van der Waals surface area contributed by atoms with Crippen LogP contribution in [0.25, 0.3) is 0 Å². The Hall–Kier alpha value is -1.55. The van der Waals surface area contributed by atoms with Crippen LogP contribution in [0.1, 0.15) is 19.4 Å². The summed E-state index contributed by atoms with van der Waals surface area (Å²) in [6.07, 6.45) is 0. The van der Waals surface area contributed by atoms with Crippen molar-refractivity contribution in [2.75, 3.05) is 19.7 Å². The third kappa shape index (κ3) is 3.07. The van der Waals surface area contributed by atoms with Gasteiger partial charge in [-0.15, -0.1) is 0 Å². The van der Waals surface area contributed by atoms with Gasteiger partial charge in [0.2, 0.25) is 5.91 Å². The van der Waals surface area contributed by atoms with E-state index in [1.807, 2.05) is 43.0 Å². The van der Waals surface area contributed by atoms with Gasteiger partial charge in [0.1, 0.15) is 12.4 Å². The predicted octanol–water partition coefficient (Wildman–Crippen LogP) is 1.64. The first-order chi connectivity index (χ1) is 9.13. The molecule has 1 atom stereocenters. The minimum Gasteiger partial charge on any atom is -0.491 e. The van der Waals surface area contributed by atoms with Gasteiger partial charge < -0.3 is 15.4 Å². The van der Waals surface area contributed by atoms with Gasteiger partial charge in [0.15, 0.2) is 0 Å². The average molecular weight is 262 g/mol. The van der Waals surface area contributed by atoms with Gasteiger partial charge in [-0.1, -0.05) is 32.0 Å². The van der Waals surface area contributed by atoms with Crippen LogP contribution in [-0.2, 0) is 11.3 Å². The van der Waals surface area contributed by atoms with Gasteiger partial charge in [-0.25, -0.2) is 0 Å². The van der Waals surface area contributed by atoms with Crippen LogP contribution in [0, 0.1) is 11.8 Å². The lowest BCUT2D eigenvalue weighted by atomic mass is 9.94. The molecule has 2 N–H and O–H groups in total. The topological polar surface area (TPSA) is 55.6 Å². The number of ether oxygens (including phenoxy) is 1. The van der Waals surface area contributed by atoms with Gasteiger partial charge >= 0.3 is 0 Å². The first kappa shape index (κ1) is 13.9. The number of rotatable bonds is 3. The Morgan fingerprint density at radius 1 is 1.42 bits per heavy atom. The lowest BCUT2D eigenvalue weighted by Gasteiger charge is -2.27. The lowest BCUT2D eigenvalue weighted by molar-refractivity contribution is -0.137. The fourth-order valence-electron chi connectivity index (χ4n) is 2.41. The van der Waals surface area contributed by atoms with E-state index in [0.29, 0.717) is 26.2 Å². The Bertz CT molecular complexity index is 446. The van der Waals surface area contributed by atoms with E-state index >= 15 is 0 Å². The Morgan fingerprint density at radius 2 is 2.16 bits per heavy atom. The first-order valence-corrected chi connectivity index (χ1v) is 6.83. The zero-order valence-electron chi connectivity index (χ0n) is 11.6. The second kappa shape index (κ2) is 6.06. The van der Waals surface area contributed by atoms with Crippen molar-refractivity contribution in [3.05, 3.63) is 29.8 Å². The maximum Gasteiger partial charge on any atom is 0.227 e. The molecule has 1 amide bonds. The smallest absolute Gasteiger partial charge is 0.227 e. The van der Waals surface area contributed by atoms with E-state index in [2.05, 4.69) is 0 Å². The van der Waals surface area contributed by atoms with Crippen molar-refractivity contribution < 1.29 is 9.53 Å². The van der Waals surface area contributed by atoms with Crippen molar-refractivity contribution in [3.8, 4) is 5.75 Å². The highest BCUT2D eigenvalue weighted by Crippen LogP contribution is 2.24. The summed E-state index contributed by atoms with van der Waals surface area (Å²) in [7, 11) is 0. The van der Waals surface area contributed by atoms with Crippen LogP contribution in [0.3, 0.4) is 0 Å². The first-order valence-electron chi connectivity index (χ1n) is 6.83. The summed E-state index contributed by atoms with van der Waals surface area (Å²) in [4.78, 5) is 14.4. The second-order valence-corrected chi connectivity index (χ2v) is 5.30. The van der Waals surface area contributed by atoms with Crippen LogP contribution in [0.5, 0.6) is 5.75 Å². The van der Waals surface area contributed by atoms with Crippen molar-refractivity contribution in [2.45, 2.75) is 20.4 Å². The van der Waals surface area contributed by atoms with E-state index < -0.39 is 0 Å². The summed E-state index contributed by atoms with van der Waals surface area (Å²) in [6.45, 7) is 6.25. The number of hydrogen-bond donors (Lipinski definition) is 1. The molecule has 0 fully saturated rings. The summed E-state index contributed by atoms with van der Waals surface area (Å²) in [6, 6.07) is 7.88. The molecule has 0 bridgehead atoms. The Balaban J connectivity index is 2.16. The number of amides is 1. The number of nitrogens with zero attached hydrogens (tertiary/aromatic N) is 1. The lowest BCUT2D eigenvalue weighted by Crippen LogP contribution is -2.42. The molecule has 4 heteroatoms. The van der Waals surface area contributed by atoms with Crippen LogP contribution in [0.4, 0.5) is 0 Å². The predicted molar refractivity (Wildman–Crippen MR) is 74.7 cm³/mol. The van der Waals surface area contributed by atoms with Crippen LogP contribution in [0.2, 0.25) is 0 Å². The summed E-state index contributed by atoms with van der Waals surface area (Å²) >= 11 is 0. The van der Waals surface area contributed by atoms with Crippen LogP contribution >= 0.6 is 0 Å². The molecule has 0 saturated carbocycles. The maximum atomic E-state index is 12.5. The van der Waals surface area contributed by atoms with Crippen molar-refractivity contribution >= 4 is 5.91 Å². The zero-order valence-corrected chi connectivity index (χ0v) is 11.6. The minimum absolute atomic E-state index is 0.106. The van der Waals surface area contributed by atoms with E-state index in [1.165, 1.54) is 0 Å². The quantitative estimate of drug-likeness (QED) is 0.901. The van der Waals surface area contributed by atoms with Gasteiger partial charge in [0.05, 0.1) is 12.5 Å². The normalized spacial score (nSPS) is 16.5. The number of carbonyl (C=O) groups is 1. The second-order valence-electron chi connectivity index (χ2n) is 5.30. The van der Waals surface area contributed by atoms with Gasteiger partial charge in [-0.2, -0.15) is 0 Å². The van der Waals surface area contributed by atoms with Crippen molar-refractivity contribution in [2.24, 2.45) is 17.6 Å². The number of para-hydroxylation sites is 1. The van der Waals surface area contributed by atoms with Gasteiger partial charge in [-0.3, -0.25) is 4.79 Å². The summed E-state index contributed by atoms with van der Waals surface area (Å²) in [5, 5.41) is 0. The maximum absolute atomic E-state index is 12.5. The van der Waals surface area contributed by atoms with E-state index in [4.69, 9.17) is 10.5 Å². The summed E-state index contributed by atoms with van der Waals surface area (Å²) < 4.78 is 5.68. The van der Waals surface area contributed by atoms with E-state index in [9.17, 15) is 4.79 Å². The monoisotopic (exact) mass is 262 g/mol. The third-order valence-corrected chi connectivity index (χ3v) is 3.64. The highest BCUT2D eigenvalue weighted by Gasteiger charge is 2.27. The van der Waals surface area contributed by atoms with Crippen LogP contribution in [0.15, 0.2) is 24.3 Å². The fraction of sp³-hybridized carbons (Fsp3) is 0.533. The highest BCUT2D eigenvalue weighted by molar-refractivity contribution is 5.79. The molecule has 1 heterocycles. The molecule has 0 spiro atoms. The standard InChI is InChI=1S/C15H22N2O2/c1-11(2)13(9-16)15(18)17-7-8-19-14-6-4-3-5-12(14)10-17/h3-6,11,13H,7-10,16H2,1-2H3. The molecule has 19 heavy (non-hydrogen) atoms. The van der Waals surface area contributed by atoms with E-state index in [0.717, 1.165) is 11.3 Å². The molecule has 0 aromatic heterocycles. The molecule has 2 rings (SSSR count). The number of carbonyl (C=O) groups excluding carboxylic acids is 1. The Labute approximate surface area is 114 Å². The number of benzene rings is 1. The zero-order chi connectivity index (χ0) is 13.8. The van der Waals surface area contributed by atoms with Gasteiger partial charge in [0.25, 0.3) is 0 Å². The van der Waals surface area contributed by atoms with Crippen LogP contribution in [-0.4, -0.2) is 30.5 Å². The van der Waals surface area contributed by atoms with E-state index in [1.54, 1.807) is 0 Å². The van der Waals surface area contributed by atoms with E-state index in [-0.39, 0.29) is 17.7 Å². The molecule has 1 aromatic carbocycles. The van der Waals surface area contributed by atoms with Gasteiger partial charge in [0, 0.05) is 18.7 Å². The summed E-state index contributed by atoms with van der Waals surface area (Å²) in [5.41, 5.74) is 6.80. The SMILES string of the molecule is CC(C)C(CN)C(=O)N1CCOc2ccccc2C1. The molecular formula is C15H22N2O2. The van der Waals surface area contributed by atoms with Crippen molar-refractivity contribution in [1.29, 1.82) is 0 Å². The molecule has 4 nitrogen and oxygen atoms in total. The molecule has 0 aliphatic carbocycles. The molecule has 1 aromatic rings. The Morgan fingerprint density at radius 3 is 2.84 bits per heavy atom. The third-order valence-electron chi connectivity index (χ3n) is 3.64. The Kier molecular flexibility index (Phi) is 4.43. The molecule has 1 unspecified atom stereocenters. The molecule has 104 valence electrons.